The third-order valence-electron chi connectivity index (χ3n) is 3.29. The zero-order chi connectivity index (χ0) is 15.5. The number of halogens is 1. The summed E-state index contributed by atoms with van der Waals surface area (Å²) in [6.07, 6.45) is 1.14. The van der Waals surface area contributed by atoms with Crippen LogP contribution in [0.1, 0.15) is 40.1 Å². The number of piperidine rings is 1. The number of rotatable bonds is 4. The Kier molecular flexibility index (Phi) is 4.39. The second kappa shape index (κ2) is 6.45. The number of nitrogens with zero attached hydrogens (tertiary/aromatic N) is 2. The second-order valence-electron chi connectivity index (χ2n) is 4.87. The molecule has 1 aliphatic rings. The fourth-order valence-corrected chi connectivity index (χ4v) is 3.15. The maximum absolute atomic E-state index is 11.9. The molecule has 2 aromatic rings. The van der Waals surface area contributed by atoms with Crippen molar-refractivity contribution < 1.29 is 14.1 Å². The molecule has 0 radical (unpaired) electrons. The van der Waals surface area contributed by atoms with Crippen molar-refractivity contribution in [2.45, 2.75) is 25.3 Å². The summed E-state index contributed by atoms with van der Waals surface area (Å²) in [4.78, 5) is 28.0. The summed E-state index contributed by atoms with van der Waals surface area (Å²) in [5.74, 6) is 0.549. The van der Waals surface area contributed by atoms with Gasteiger partial charge >= 0.3 is 0 Å². The van der Waals surface area contributed by atoms with Gasteiger partial charge in [-0.05, 0) is 18.6 Å². The molecule has 2 amide bonds. The van der Waals surface area contributed by atoms with Crippen molar-refractivity contribution in [2.75, 3.05) is 6.54 Å². The van der Waals surface area contributed by atoms with Gasteiger partial charge in [-0.2, -0.15) is 4.98 Å². The zero-order valence-corrected chi connectivity index (χ0v) is 13.0. The molecule has 1 aliphatic heterocycles. The molecule has 1 fully saturated rings. The van der Waals surface area contributed by atoms with E-state index >= 15 is 0 Å². The first-order chi connectivity index (χ1) is 10.6. The summed E-state index contributed by atoms with van der Waals surface area (Å²) in [5.41, 5.74) is 0. The number of aromatic nitrogens is 2. The molecule has 0 aliphatic carbocycles. The number of carbonyl (C=O) groups excluding carboxylic acids is 2. The smallest absolute Gasteiger partial charge is 0.261 e. The number of carbonyl (C=O) groups is 2. The molecular formula is C13H13ClN4O3S. The molecule has 1 atom stereocenters. The van der Waals surface area contributed by atoms with E-state index in [0.29, 0.717) is 33.9 Å². The van der Waals surface area contributed by atoms with Crippen LogP contribution in [0.4, 0.5) is 0 Å². The molecule has 7 nitrogen and oxygen atoms in total. The van der Waals surface area contributed by atoms with Gasteiger partial charge in [0.25, 0.3) is 5.91 Å². The molecule has 2 aromatic heterocycles. The summed E-state index contributed by atoms with van der Waals surface area (Å²) < 4.78 is 5.67. The van der Waals surface area contributed by atoms with Crippen LogP contribution in [0.3, 0.4) is 0 Å². The Morgan fingerprint density at radius 1 is 1.55 bits per heavy atom. The van der Waals surface area contributed by atoms with Crippen LogP contribution >= 0.6 is 22.9 Å². The molecule has 1 unspecified atom stereocenters. The SMILES string of the molecule is O=C1CC(c2noc(CNC(=O)c3ccc(Cl)s3)n2)CCN1. The van der Waals surface area contributed by atoms with Gasteiger partial charge in [0, 0.05) is 18.9 Å². The fourth-order valence-electron chi connectivity index (χ4n) is 2.19. The minimum Gasteiger partial charge on any atom is -0.356 e. The van der Waals surface area contributed by atoms with E-state index < -0.39 is 0 Å². The predicted molar refractivity (Wildman–Crippen MR) is 79.8 cm³/mol. The summed E-state index contributed by atoms with van der Waals surface area (Å²) in [7, 11) is 0. The van der Waals surface area contributed by atoms with Crippen LogP contribution in [0.25, 0.3) is 0 Å². The van der Waals surface area contributed by atoms with Crippen LogP contribution in [0.15, 0.2) is 16.7 Å². The molecule has 9 heteroatoms. The summed E-state index contributed by atoms with van der Waals surface area (Å²) in [5, 5.41) is 9.34. The first-order valence-corrected chi connectivity index (χ1v) is 7.94. The highest BCUT2D eigenvalue weighted by Gasteiger charge is 2.25. The summed E-state index contributed by atoms with van der Waals surface area (Å²) >= 11 is 6.99. The van der Waals surface area contributed by atoms with Gasteiger partial charge in [0.05, 0.1) is 15.8 Å². The maximum Gasteiger partial charge on any atom is 0.261 e. The van der Waals surface area contributed by atoms with Crippen molar-refractivity contribution in [2.24, 2.45) is 0 Å². The van der Waals surface area contributed by atoms with E-state index in [1.165, 1.54) is 11.3 Å². The van der Waals surface area contributed by atoms with Crippen molar-refractivity contribution in [3.63, 3.8) is 0 Å². The Morgan fingerprint density at radius 2 is 2.41 bits per heavy atom. The highest BCUT2D eigenvalue weighted by Crippen LogP contribution is 2.23. The van der Waals surface area contributed by atoms with Crippen molar-refractivity contribution in [3.8, 4) is 0 Å². The topological polar surface area (TPSA) is 97.1 Å². The normalized spacial score (nSPS) is 18.0. The first-order valence-electron chi connectivity index (χ1n) is 6.74. The van der Waals surface area contributed by atoms with Gasteiger partial charge in [0.15, 0.2) is 5.82 Å². The van der Waals surface area contributed by atoms with E-state index in [1.54, 1.807) is 12.1 Å². The van der Waals surface area contributed by atoms with Gasteiger partial charge in [-0.3, -0.25) is 9.59 Å². The number of hydrogen-bond donors (Lipinski definition) is 2. The Morgan fingerprint density at radius 3 is 3.14 bits per heavy atom. The van der Waals surface area contributed by atoms with Crippen molar-refractivity contribution in [3.05, 3.63) is 33.1 Å². The van der Waals surface area contributed by atoms with Crippen LogP contribution in [0.5, 0.6) is 0 Å². The van der Waals surface area contributed by atoms with E-state index in [2.05, 4.69) is 20.8 Å². The van der Waals surface area contributed by atoms with Crippen LogP contribution in [0, 0.1) is 0 Å². The Labute approximate surface area is 135 Å². The van der Waals surface area contributed by atoms with Crippen LogP contribution in [-0.2, 0) is 11.3 Å². The largest absolute Gasteiger partial charge is 0.356 e. The highest BCUT2D eigenvalue weighted by atomic mass is 35.5. The molecular weight excluding hydrogens is 328 g/mol. The fraction of sp³-hybridized carbons (Fsp3) is 0.385. The minimum absolute atomic E-state index is 0.00882. The lowest BCUT2D eigenvalue weighted by atomic mass is 9.97. The van der Waals surface area contributed by atoms with Crippen LogP contribution in [0.2, 0.25) is 4.34 Å². The lowest BCUT2D eigenvalue weighted by Crippen LogP contribution is -2.32. The van der Waals surface area contributed by atoms with Crippen molar-refractivity contribution in [1.29, 1.82) is 0 Å². The molecule has 0 bridgehead atoms. The van der Waals surface area contributed by atoms with Gasteiger partial charge in [-0.25, -0.2) is 0 Å². The van der Waals surface area contributed by atoms with Crippen molar-refractivity contribution in [1.82, 2.24) is 20.8 Å². The molecule has 0 aromatic carbocycles. The lowest BCUT2D eigenvalue weighted by molar-refractivity contribution is -0.122. The van der Waals surface area contributed by atoms with Gasteiger partial charge < -0.3 is 15.2 Å². The van der Waals surface area contributed by atoms with Gasteiger partial charge in [0.1, 0.15) is 0 Å². The van der Waals surface area contributed by atoms with Gasteiger partial charge in [-0.15, -0.1) is 11.3 Å². The van der Waals surface area contributed by atoms with E-state index in [-0.39, 0.29) is 24.3 Å². The molecule has 3 heterocycles. The standard InChI is InChI=1S/C13H13ClN4O3S/c14-9-2-1-8(22-9)13(20)16-6-11-17-12(18-21-11)7-3-4-15-10(19)5-7/h1-2,7H,3-6H2,(H,15,19)(H,16,20). The Bertz CT molecular complexity index is 699. The second-order valence-corrected chi connectivity index (χ2v) is 6.59. The monoisotopic (exact) mass is 340 g/mol. The molecule has 2 N–H and O–H groups in total. The zero-order valence-electron chi connectivity index (χ0n) is 11.5. The van der Waals surface area contributed by atoms with E-state index in [1.807, 2.05) is 0 Å². The molecule has 1 saturated heterocycles. The maximum atomic E-state index is 11.9. The predicted octanol–water partition coefficient (Wildman–Crippen LogP) is 1.71. The molecule has 116 valence electrons. The van der Waals surface area contributed by atoms with Gasteiger partial charge in [-0.1, -0.05) is 16.8 Å². The first kappa shape index (κ1) is 15.0. The van der Waals surface area contributed by atoms with E-state index in [0.717, 1.165) is 6.42 Å². The number of amides is 2. The van der Waals surface area contributed by atoms with Crippen molar-refractivity contribution >= 4 is 34.8 Å². The number of hydrogen-bond acceptors (Lipinski definition) is 6. The molecule has 22 heavy (non-hydrogen) atoms. The van der Waals surface area contributed by atoms with Crippen LogP contribution < -0.4 is 10.6 Å². The average molecular weight is 341 g/mol. The van der Waals surface area contributed by atoms with E-state index in [4.69, 9.17) is 16.1 Å². The average Bonchev–Trinajstić information content (AvgIpc) is 3.14. The lowest BCUT2D eigenvalue weighted by Gasteiger charge is -2.18. The highest BCUT2D eigenvalue weighted by molar-refractivity contribution is 7.17. The van der Waals surface area contributed by atoms with E-state index in [9.17, 15) is 9.59 Å². The Hall–Kier alpha value is -1.93. The quantitative estimate of drug-likeness (QED) is 0.883. The minimum atomic E-state index is -0.242. The number of thiophene rings is 1. The summed E-state index contributed by atoms with van der Waals surface area (Å²) in [6, 6.07) is 3.32. The third kappa shape index (κ3) is 3.45. The number of nitrogens with one attached hydrogen (secondary N) is 2. The molecule has 0 saturated carbocycles. The van der Waals surface area contributed by atoms with Crippen LogP contribution in [-0.4, -0.2) is 28.5 Å². The third-order valence-corrected chi connectivity index (χ3v) is 4.52. The molecule has 3 rings (SSSR count). The summed E-state index contributed by atoms with van der Waals surface area (Å²) in [6.45, 7) is 0.753. The Balaban J connectivity index is 1.57. The molecule has 0 spiro atoms. The van der Waals surface area contributed by atoms with Gasteiger partial charge in [0.2, 0.25) is 11.8 Å².